The van der Waals surface area contributed by atoms with Crippen molar-refractivity contribution >= 4 is 17.1 Å². The van der Waals surface area contributed by atoms with Crippen molar-refractivity contribution in [2.75, 3.05) is 50.2 Å². The van der Waals surface area contributed by atoms with Crippen LogP contribution < -0.4 is 20.7 Å². The van der Waals surface area contributed by atoms with Crippen molar-refractivity contribution in [3.63, 3.8) is 0 Å². The lowest BCUT2D eigenvalue weighted by atomic mass is 10.0. The average molecular weight is 318 g/mol. The summed E-state index contributed by atoms with van der Waals surface area (Å²) < 4.78 is 5.41. The Morgan fingerprint density at radius 1 is 1.39 bits per heavy atom. The van der Waals surface area contributed by atoms with Gasteiger partial charge in [-0.15, -0.1) is 6.58 Å². The molecule has 128 valence electrons. The van der Waals surface area contributed by atoms with E-state index in [4.69, 9.17) is 10.5 Å². The van der Waals surface area contributed by atoms with Crippen molar-refractivity contribution in [2.45, 2.75) is 31.8 Å². The molecular formula is C18H30N4O. The van der Waals surface area contributed by atoms with Gasteiger partial charge >= 0.3 is 0 Å². The minimum absolute atomic E-state index is 0.181. The third-order valence-corrected chi connectivity index (χ3v) is 4.62. The van der Waals surface area contributed by atoms with Crippen molar-refractivity contribution < 1.29 is 4.74 Å². The van der Waals surface area contributed by atoms with Gasteiger partial charge in [0.05, 0.1) is 24.2 Å². The van der Waals surface area contributed by atoms with Crippen LogP contribution in [0.5, 0.6) is 5.75 Å². The van der Waals surface area contributed by atoms with Crippen molar-refractivity contribution in [3.05, 3.63) is 24.8 Å². The van der Waals surface area contributed by atoms with E-state index in [1.54, 1.807) is 7.11 Å². The highest BCUT2D eigenvalue weighted by molar-refractivity contribution is 5.78. The Kier molecular flexibility index (Phi) is 5.77. The van der Waals surface area contributed by atoms with Crippen LogP contribution in [0, 0.1) is 0 Å². The summed E-state index contributed by atoms with van der Waals surface area (Å²) in [6.07, 6.45) is 4.22. The van der Waals surface area contributed by atoms with Gasteiger partial charge in [0.1, 0.15) is 5.75 Å². The number of nitrogen functional groups attached to an aromatic ring is 1. The van der Waals surface area contributed by atoms with E-state index >= 15 is 0 Å². The van der Waals surface area contributed by atoms with Crippen LogP contribution >= 0.6 is 0 Å². The zero-order chi connectivity index (χ0) is 17.0. The Morgan fingerprint density at radius 3 is 2.57 bits per heavy atom. The fraction of sp³-hybridized carbons (Fsp3) is 0.556. The summed E-state index contributed by atoms with van der Waals surface area (Å²) in [5.41, 5.74) is 8.94. The molecule has 1 aliphatic heterocycles. The second kappa shape index (κ2) is 7.59. The maximum absolute atomic E-state index is 6.09. The van der Waals surface area contributed by atoms with Gasteiger partial charge in [-0.05, 0) is 39.9 Å². The summed E-state index contributed by atoms with van der Waals surface area (Å²) in [4.78, 5) is 4.74. The molecule has 0 aliphatic carbocycles. The summed E-state index contributed by atoms with van der Waals surface area (Å²) in [6, 6.07) is 4.85. The van der Waals surface area contributed by atoms with Crippen LogP contribution in [0.1, 0.15) is 19.8 Å². The Hall–Kier alpha value is -1.88. The smallest absolute Gasteiger partial charge is 0.143 e. The van der Waals surface area contributed by atoms with E-state index in [2.05, 4.69) is 42.7 Å². The first kappa shape index (κ1) is 17.5. The lowest BCUT2D eigenvalue weighted by Crippen LogP contribution is -2.42. The highest BCUT2D eigenvalue weighted by Gasteiger charge is 2.23. The highest BCUT2D eigenvalue weighted by atomic mass is 16.5. The van der Waals surface area contributed by atoms with Crippen molar-refractivity contribution in [2.24, 2.45) is 0 Å². The zero-order valence-electron chi connectivity index (χ0n) is 14.8. The van der Waals surface area contributed by atoms with Gasteiger partial charge in [0.15, 0.2) is 0 Å². The van der Waals surface area contributed by atoms with Crippen LogP contribution in [0.4, 0.5) is 17.1 Å². The summed E-state index contributed by atoms with van der Waals surface area (Å²) >= 11 is 0. The number of benzene rings is 1. The lowest BCUT2D eigenvalue weighted by molar-refractivity contribution is 0.249. The minimum atomic E-state index is 0.181. The molecule has 0 spiro atoms. The molecule has 1 saturated heterocycles. The van der Waals surface area contributed by atoms with E-state index in [1.807, 2.05) is 18.2 Å². The molecule has 23 heavy (non-hydrogen) atoms. The molecule has 1 aromatic carbocycles. The summed E-state index contributed by atoms with van der Waals surface area (Å²) in [5, 5.41) is 3.48. The van der Waals surface area contributed by atoms with Gasteiger partial charge in [-0.25, -0.2) is 0 Å². The number of hydrogen-bond acceptors (Lipinski definition) is 5. The average Bonchev–Trinajstić information content (AvgIpc) is 2.55. The van der Waals surface area contributed by atoms with Crippen LogP contribution in [0.15, 0.2) is 24.8 Å². The largest absolute Gasteiger partial charge is 0.495 e. The van der Waals surface area contributed by atoms with Crippen molar-refractivity contribution in [1.29, 1.82) is 0 Å². The first-order chi connectivity index (χ1) is 11.0. The van der Waals surface area contributed by atoms with E-state index in [0.29, 0.717) is 11.7 Å². The van der Waals surface area contributed by atoms with Gasteiger partial charge in [0, 0.05) is 31.2 Å². The molecule has 1 fully saturated rings. The molecular weight excluding hydrogens is 288 g/mol. The fourth-order valence-electron chi connectivity index (χ4n) is 3.07. The maximum atomic E-state index is 6.09. The van der Waals surface area contributed by atoms with Crippen LogP contribution in [0.3, 0.4) is 0 Å². The van der Waals surface area contributed by atoms with Gasteiger partial charge in [-0.1, -0.05) is 6.08 Å². The Balaban J connectivity index is 2.26. The topological polar surface area (TPSA) is 53.8 Å². The van der Waals surface area contributed by atoms with E-state index < -0.39 is 0 Å². The molecule has 0 amide bonds. The van der Waals surface area contributed by atoms with Crippen LogP contribution in [0.2, 0.25) is 0 Å². The van der Waals surface area contributed by atoms with E-state index in [0.717, 1.165) is 43.1 Å². The number of rotatable bonds is 6. The summed E-state index contributed by atoms with van der Waals surface area (Å²) in [6.45, 7) is 8.00. The molecule has 2 rings (SSSR count). The monoisotopic (exact) mass is 318 g/mol. The Labute approximate surface area is 140 Å². The fourth-order valence-corrected chi connectivity index (χ4v) is 3.07. The summed E-state index contributed by atoms with van der Waals surface area (Å²) in [5.74, 6) is 0.728. The number of piperidine rings is 1. The van der Waals surface area contributed by atoms with E-state index in [1.165, 1.54) is 0 Å². The predicted octanol–water partition coefficient (Wildman–Crippen LogP) is 2.79. The number of ether oxygens (including phenoxy) is 1. The molecule has 0 aromatic heterocycles. The number of hydrogen-bond donors (Lipinski definition) is 2. The molecule has 1 atom stereocenters. The van der Waals surface area contributed by atoms with Crippen LogP contribution in [0.25, 0.3) is 0 Å². The molecule has 1 aromatic rings. The molecule has 0 saturated carbocycles. The second-order valence-electron chi connectivity index (χ2n) is 6.46. The van der Waals surface area contributed by atoms with Crippen LogP contribution in [-0.2, 0) is 0 Å². The zero-order valence-corrected chi connectivity index (χ0v) is 14.8. The Bertz CT molecular complexity index is 536. The Morgan fingerprint density at radius 2 is 2.04 bits per heavy atom. The van der Waals surface area contributed by atoms with E-state index in [9.17, 15) is 0 Å². The molecule has 1 unspecified atom stereocenters. The number of anilines is 3. The predicted molar refractivity (Wildman–Crippen MR) is 99.6 cm³/mol. The number of nitrogens with one attached hydrogen (secondary N) is 1. The maximum Gasteiger partial charge on any atom is 0.143 e. The third kappa shape index (κ3) is 4.10. The summed E-state index contributed by atoms with van der Waals surface area (Å²) in [7, 11) is 5.98. The molecule has 1 heterocycles. The first-order valence-corrected chi connectivity index (χ1v) is 8.24. The van der Waals surface area contributed by atoms with Gasteiger partial charge in [-0.2, -0.15) is 0 Å². The highest BCUT2D eigenvalue weighted by Crippen LogP contribution is 2.37. The minimum Gasteiger partial charge on any atom is -0.495 e. The molecule has 5 heteroatoms. The molecule has 0 radical (unpaired) electrons. The standard InChI is InChI=1S/C18H30N4O/c1-6-13(2)20-16-11-15(19)18(23-5)12-17(16)22-9-7-14(8-10-22)21(3)4/h6,11-14,20H,1,7-10,19H2,2-5H3. The van der Waals surface area contributed by atoms with Crippen molar-refractivity contribution in [1.82, 2.24) is 4.90 Å². The van der Waals surface area contributed by atoms with Gasteiger partial charge in [0.2, 0.25) is 0 Å². The number of nitrogens with two attached hydrogens (primary N) is 1. The van der Waals surface area contributed by atoms with Crippen LogP contribution in [-0.4, -0.2) is 51.3 Å². The lowest BCUT2D eigenvalue weighted by Gasteiger charge is -2.37. The van der Waals surface area contributed by atoms with Gasteiger partial charge < -0.3 is 25.6 Å². The second-order valence-corrected chi connectivity index (χ2v) is 6.46. The molecule has 0 bridgehead atoms. The molecule has 3 N–H and O–H groups in total. The first-order valence-electron chi connectivity index (χ1n) is 8.24. The number of nitrogens with zero attached hydrogens (tertiary/aromatic N) is 2. The molecule has 5 nitrogen and oxygen atoms in total. The third-order valence-electron chi connectivity index (χ3n) is 4.62. The van der Waals surface area contributed by atoms with Crippen molar-refractivity contribution in [3.8, 4) is 5.75 Å². The quantitative estimate of drug-likeness (QED) is 0.624. The normalized spacial score (nSPS) is 17.2. The number of methoxy groups -OCH3 is 1. The van der Waals surface area contributed by atoms with Gasteiger partial charge in [-0.3, -0.25) is 0 Å². The van der Waals surface area contributed by atoms with Gasteiger partial charge in [0.25, 0.3) is 0 Å². The SMILES string of the molecule is C=CC(C)Nc1cc(N)c(OC)cc1N1CCC(N(C)C)CC1. The van der Waals surface area contributed by atoms with E-state index in [-0.39, 0.29) is 6.04 Å². The molecule has 1 aliphatic rings.